The number of aliphatic carboxylic acids is 2. The molecule has 11 atom stereocenters. The molecule has 5 rings (SSSR count). The SMILES string of the molecule is CCCC(I)[C@@H]1CC2OC(=O)[C@]3(O)[C@@]4(O)C(C)C(=O)O[C@H]4[C@H](O)[C@]23C1(C1CC1)[C@H](OCC(=O)O)C(=O)O. The third kappa shape index (κ3) is 2.87. The van der Waals surface area contributed by atoms with Crippen molar-refractivity contribution < 1.29 is 58.9 Å². The molecule has 3 saturated carbocycles. The van der Waals surface area contributed by atoms with Crippen LogP contribution < -0.4 is 0 Å². The predicted molar refractivity (Wildman–Crippen MR) is 128 cm³/mol. The molecule has 3 aliphatic carbocycles. The number of aliphatic hydroxyl groups excluding tert-OH is 1. The Balaban J connectivity index is 1.83. The number of aliphatic hydroxyl groups is 3. The van der Waals surface area contributed by atoms with Crippen molar-refractivity contribution in [3.8, 4) is 0 Å². The molecule has 0 radical (unpaired) electrons. The summed E-state index contributed by atoms with van der Waals surface area (Å²) < 4.78 is 16.4. The van der Waals surface area contributed by atoms with Crippen molar-refractivity contribution in [3.63, 3.8) is 0 Å². The smallest absolute Gasteiger partial charge is 0.342 e. The minimum absolute atomic E-state index is 0.0561. The number of carboxylic acid groups (broad SMARTS) is 2. The van der Waals surface area contributed by atoms with Crippen molar-refractivity contribution in [1.29, 1.82) is 0 Å². The number of hydrogen-bond donors (Lipinski definition) is 5. The highest BCUT2D eigenvalue weighted by molar-refractivity contribution is 14.1. The van der Waals surface area contributed by atoms with Crippen molar-refractivity contribution in [2.45, 2.75) is 85.5 Å². The Morgan fingerprint density at radius 1 is 1.19 bits per heavy atom. The van der Waals surface area contributed by atoms with Crippen molar-refractivity contribution in [1.82, 2.24) is 0 Å². The third-order valence-corrected chi connectivity index (χ3v) is 11.2. The van der Waals surface area contributed by atoms with Crippen LogP contribution >= 0.6 is 22.6 Å². The summed E-state index contributed by atoms with van der Waals surface area (Å²) >= 11 is 2.18. The van der Waals surface area contributed by atoms with E-state index in [0.717, 1.165) is 6.42 Å². The molecule has 5 aliphatic rings. The molecule has 4 unspecified atom stereocenters. The van der Waals surface area contributed by atoms with E-state index in [4.69, 9.17) is 14.2 Å². The van der Waals surface area contributed by atoms with Gasteiger partial charge in [0, 0.05) is 9.34 Å². The molecular weight excluding hydrogens is 607 g/mol. The maximum absolute atomic E-state index is 13.5. The van der Waals surface area contributed by atoms with Gasteiger partial charge in [-0.2, -0.15) is 0 Å². The van der Waals surface area contributed by atoms with E-state index in [2.05, 4.69) is 22.6 Å². The second kappa shape index (κ2) is 8.47. The molecule has 2 saturated heterocycles. The summed E-state index contributed by atoms with van der Waals surface area (Å²) in [6.45, 7) is 2.25. The molecule has 5 N–H and O–H groups in total. The topological polar surface area (TPSA) is 197 Å². The fourth-order valence-electron chi connectivity index (χ4n) is 8.55. The van der Waals surface area contributed by atoms with Crippen molar-refractivity contribution in [3.05, 3.63) is 0 Å². The summed E-state index contributed by atoms with van der Waals surface area (Å²) in [6.07, 6.45) is -4.37. The van der Waals surface area contributed by atoms with Crippen molar-refractivity contribution >= 4 is 46.5 Å². The van der Waals surface area contributed by atoms with Crippen LogP contribution in [0.5, 0.6) is 0 Å². The van der Waals surface area contributed by atoms with Gasteiger partial charge < -0.3 is 39.7 Å². The summed E-state index contributed by atoms with van der Waals surface area (Å²) in [4.78, 5) is 50.4. The Morgan fingerprint density at radius 3 is 2.38 bits per heavy atom. The second-order valence-electron chi connectivity index (χ2n) is 11.1. The molecule has 2 heterocycles. The van der Waals surface area contributed by atoms with Crippen LogP contribution in [0.3, 0.4) is 0 Å². The van der Waals surface area contributed by atoms with Gasteiger partial charge in [0.1, 0.15) is 18.8 Å². The van der Waals surface area contributed by atoms with Crippen LogP contribution in [-0.4, -0.2) is 95.6 Å². The highest BCUT2D eigenvalue weighted by Gasteiger charge is 2.98. The molecule has 1 spiro atoms. The van der Waals surface area contributed by atoms with Gasteiger partial charge >= 0.3 is 23.9 Å². The van der Waals surface area contributed by atoms with E-state index in [1.807, 2.05) is 6.92 Å². The number of carboxylic acids is 2. The van der Waals surface area contributed by atoms with Crippen LogP contribution in [0.4, 0.5) is 0 Å². The first-order valence-electron chi connectivity index (χ1n) is 12.5. The molecule has 0 aromatic rings. The molecule has 0 aromatic heterocycles. The molecule has 5 fully saturated rings. The van der Waals surface area contributed by atoms with E-state index in [9.17, 15) is 44.7 Å². The van der Waals surface area contributed by atoms with Gasteiger partial charge in [-0.1, -0.05) is 35.9 Å². The summed E-state index contributed by atoms with van der Waals surface area (Å²) in [5, 5.41) is 56.2. The number of fused-ring (bicyclic) bond motifs is 2. The number of alkyl halides is 1. The molecule has 2 aliphatic heterocycles. The first-order valence-corrected chi connectivity index (χ1v) is 13.8. The zero-order valence-corrected chi connectivity index (χ0v) is 22.5. The zero-order chi connectivity index (χ0) is 27.3. The van der Waals surface area contributed by atoms with Crippen LogP contribution in [0.15, 0.2) is 0 Å². The molecular formula is C24H31IO12. The third-order valence-electron chi connectivity index (χ3n) is 9.76. The molecule has 0 amide bonds. The standard InChI is InChI=1S/C24H31IO12/c1-3-4-12(25)11-7-13-22(21(11,10-5-6-10)17(18(29)30)35-8-14(26)27)15(28)16-23(33,9(2)19(31)37-16)24(22,34)20(32)36-13/h9-13,15-17,28,33-34H,3-8H2,1-2H3,(H,26,27)(H,29,30)/t9?,11-,12?,13?,15-,16-,17+,21?,22-,23+,24+/m0/s1. The maximum Gasteiger partial charge on any atom is 0.342 e. The number of rotatable bonds is 9. The lowest BCUT2D eigenvalue weighted by Crippen LogP contribution is -2.72. The van der Waals surface area contributed by atoms with E-state index < -0.39 is 94.7 Å². The van der Waals surface area contributed by atoms with E-state index >= 15 is 0 Å². The normalized spacial score (nSPS) is 47.6. The fourth-order valence-corrected chi connectivity index (χ4v) is 10.1. The van der Waals surface area contributed by atoms with E-state index in [1.165, 1.54) is 6.92 Å². The number of carbonyl (C=O) groups is 4. The number of carbonyl (C=O) groups excluding carboxylic acids is 2. The molecule has 0 bridgehead atoms. The van der Waals surface area contributed by atoms with Gasteiger partial charge in [-0.05, 0) is 44.4 Å². The van der Waals surface area contributed by atoms with Crippen LogP contribution in [0.2, 0.25) is 0 Å². The Hall–Kier alpha value is -1.55. The minimum atomic E-state index is -2.92. The van der Waals surface area contributed by atoms with Crippen LogP contribution in [0.25, 0.3) is 0 Å². The van der Waals surface area contributed by atoms with E-state index in [1.54, 1.807) is 0 Å². The Kier molecular flexibility index (Phi) is 6.19. The second-order valence-corrected chi connectivity index (χ2v) is 12.7. The molecule has 37 heavy (non-hydrogen) atoms. The number of esters is 2. The first kappa shape index (κ1) is 27.0. The van der Waals surface area contributed by atoms with E-state index in [-0.39, 0.29) is 10.3 Å². The maximum atomic E-state index is 13.5. The minimum Gasteiger partial charge on any atom is -0.480 e. The lowest BCUT2D eigenvalue weighted by atomic mass is 9.48. The highest BCUT2D eigenvalue weighted by Crippen LogP contribution is 2.81. The number of ether oxygens (including phenoxy) is 3. The summed E-state index contributed by atoms with van der Waals surface area (Å²) in [5.74, 6) is -7.67. The molecule has 206 valence electrons. The molecule has 0 aromatic carbocycles. The Bertz CT molecular complexity index is 1050. The van der Waals surface area contributed by atoms with Crippen molar-refractivity contribution in [2.75, 3.05) is 6.61 Å². The predicted octanol–water partition coefficient (Wildman–Crippen LogP) is -0.129. The van der Waals surface area contributed by atoms with Gasteiger partial charge in [0.2, 0.25) is 5.60 Å². The number of halogens is 1. The van der Waals surface area contributed by atoms with Crippen molar-refractivity contribution in [2.24, 2.45) is 28.6 Å². The van der Waals surface area contributed by atoms with Crippen LogP contribution in [-0.2, 0) is 33.4 Å². The quantitative estimate of drug-likeness (QED) is 0.128. The summed E-state index contributed by atoms with van der Waals surface area (Å²) in [5.41, 5.74) is -9.39. The lowest BCUT2D eigenvalue weighted by molar-refractivity contribution is -0.244. The average Bonchev–Trinajstić information content (AvgIpc) is 3.52. The Morgan fingerprint density at radius 2 is 1.84 bits per heavy atom. The van der Waals surface area contributed by atoms with Gasteiger partial charge in [-0.15, -0.1) is 0 Å². The first-order chi connectivity index (χ1) is 17.3. The fraction of sp³-hybridized carbons (Fsp3) is 0.833. The monoisotopic (exact) mass is 638 g/mol. The van der Waals surface area contributed by atoms with Gasteiger partial charge in [-0.25, -0.2) is 14.4 Å². The van der Waals surface area contributed by atoms with Gasteiger partial charge in [0.05, 0.1) is 11.3 Å². The lowest BCUT2D eigenvalue weighted by Gasteiger charge is -2.55. The average molecular weight is 638 g/mol. The molecule has 12 nitrogen and oxygen atoms in total. The summed E-state index contributed by atoms with van der Waals surface area (Å²) in [6, 6.07) is 0. The van der Waals surface area contributed by atoms with Crippen LogP contribution in [0, 0.1) is 28.6 Å². The molecule has 13 heteroatoms. The zero-order valence-electron chi connectivity index (χ0n) is 20.3. The highest BCUT2D eigenvalue weighted by atomic mass is 127. The van der Waals surface area contributed by atoms with Gasteiger partial charge in [-0.3, -0.25) is 4.79 Å². The van der Waals surface area contributed by atoms with E-state index in [0.29, 0.717) is 19.3 Å². The largest absolute Gasteiger partial charge is 0.480 e. The number of hydrogen-bond acceptors (Lipinski definition) is 10. The Labute approximate surface area is 225 Å². The summed E-state index contributed by atoms with van der Waals surface area (Å²) in [7, 11) is 0. The van der Waals surface area contributed by atoms with Gasteiger partial charge in [0.15, 0.2) is 17.8 Å². The van der Waals surface area contributed by atoms with Crippen LogP contribution in [0.1, 0.15) is 46.0 Å². The van der Waals surface area contributed by atoms with Gasteiger partial charge in [0.25, 0.3) is 0 Å².